The van der Waals surface area contributed by atoms with E-state index in [0.29, 0.717) is 31.0 Å². The highest BCUT2D eigenvalue weighted by atomic mass is 16.7. The number of piperidine rings is 1. The zero-order valence-electron chi connectivity index (χ0n) is 18.0. The van der Waals surface area contributed by atoms with Crippen molar-refractivity contribution in [3.8, 4) is 0 Å². The predicted octanol–water partition coefficient (Wildman–Crippen LogP) is 2.23. The number of likely N-dealkylation sites (tertiary alicyclic amines) is 1. The largest absolute Gasteiger partial charge is 0.465 e. The van der Waals surface area contributed by atoms with E-state index in [2.05, 4.69) is 0 Å². The number of allylic oxidation sites excluding steroid dienone is 1. The molecule has 31 heavy (non-hydrogen) atoms. The van der Waals surface area contributed by atoms with Crippen LogP contribution in [0, 0.1) is 0 Å². The van der Waals surface area contributed by atoms with Gasteiger partial charge in [-0.25, -0.2) is 4.79 Å². The first-order valence-electron chi connectivity index (χ1n) is 10.8. The minimum Gasteiger partial charge on any atom is -0.465 e. The number of methoxy groups -OCH3 is 1. The van der Waals surface area contributed by atoms with Gasteiger partial charge in [-0.1, -0.05) is 12.1 Å². The second-order valence-corrected chi connectivity index (χ2v) is 7.59. The Hall–Kier alpha value is -2.42. The Labute approximate surface area is 182 Å². The number of nitrogens with zero attached hydrogens (tertiary/aromatic N) is 1. The van der Waals surface area contributed by atoms with E-state index in [1.165, 1.54) is 7.11 Å². The summed E-state index contributed by atoms with van der Waals surface area (Å²) in [6.07, 6.45) is 4.94. The summed E-state index contributed by atoms with van der Waals surface area (Å²) in [6.45, 7) is 2.31. The molecule has 8 heteroatoms. The third-order valence-corrected chi connectivity index (χ3v) is 5.44. The van der Waals surface area contributed by atoms with E-state index in [1.54, 1.807) is 12.1 Å². The molecule has 0 aliphatic carbocycles. The van der Waals surface area contributed by atoms with E-state index in [1.807, 2.05) is 23.1 Å². The third-order valence-electron chi connectivity index (χ3n) is 5.44. The Morgan fingerprint density at radius 2 is 1.84 bits per heavy atom. The molecule has 0 radical (unpaired) electrons. The van der Waals surface area contributed by atoms with Crippen LogP contribution in [-0.4, -0.2) is 74.8 Å². The molecule has 2 aliphatic rings. The lowest BCUT2D eigenvalue weighted by Gasteiger charge is -2.33. The van der Waals surface area contributed by atoms with Crippen LogP contribution < -0.4 is 0 Å². The summed E-state index contributed by atoms with van der Waals surface area (Å²) >= 11 is 0. The van der Waals surface area contributed by atoms with Gasteiger partial charge in [0.2, 0.25) is 6.29 Å². The number of amides is 1. The fourth-order valence-electron chi connectivity index (χ4n) is 3.79. The van der Waals surface area contributed by atoms with Gasteiger partial charge >= 0.3 is 5.97 Å². The molecular weight excluding hydrogens is 402 g/mol. The molecular formula is C23H31NO7. The maximum absolute atomic E-state index is 13.0. The van der Waals surface area contributed by atoms with Gasteiger partial charge in [0.15, 0.2) is 5.76 Å². The Kier molecular flexibility index (Phi) is 8.87. The van der Waals surface area contributed by atoms with Gasteiger partial charge in [-0.3, -0.25) is 4.79 Å². The average molecular weight is 434 g/mol. The molecule has 1 saturated heterocycles. The molecule has 0 aromatic heterocycles. The van der Waals surface area contributed by atoms with E-state index < -0.39 is 6.29 Å². The fourth-order valence-corrected chi connectivity index (χ4v) is 3.79. The first-order valence-corrected chi connectivity index (χ1v) is 10.8. The van der Waals surface area contributed by atoms with E-state index >= 15 is 0 Å². The van der Waals surface area contributed by atoms with Gasteiger partial charge in [0.1, 0.15) is 0 Å². The number of carbonyl (C=O) groups is 2. The van der Waals surface area contributed by atoms with Crippen molar-refractivity contribution < 1.29 is 33.6 Å². The summed E-state index contributed by atoms with van der Waals surface area (Å²) in [7, 11) is 1.35. The molecule has 1 aromatic rings. The van der Waals surface area contributed by atoms with Crippen molar-refractivity contribution in [2.75, 3.05) is 46.6 Å². The van der Waals surface area contributed by atoms with Gasteiger partial charge < -0.3 is 29.0 Å². The molecule has 3 rings (SSSR count). The first-order chi connectivity index (χ1) is 15.1. The molecule has 2 atom stereocenters. The summed E-state index contributed by atoms with van der Waals surface area (Å²) in [4.78, 5) is 26.6. The minimum absolute atomic E-state index is 0.0409. The van der Waals surface area contributed by atoms with E-state index in [4.69, 9.17) is 24.1 Å². The zero-order chi connectivity index (χ0) is 22.1. The van der Waals surface area contributed by atoms with Crippen LogP contribution in [-0.2, 0) is 23.7 Å². The smallest absolute Gasteiger partial charge is 0.337 e. The molecule has 2 aliphatic heterocycles. The lowest BCUT2D eigenvalue weighted by atomic mass is 9.92. The Morgan fingerprint density at radius 3 is 2.52 bits per heavy atom. The first kappa shape index (κ1) is 23.2. The summed E-state index contributed by atoms with van der Waals surface area (Å²) in [5.74, 6) is -0.288. The molecule has 1 fully saturated rings. The van der Waals surface area contributed by atoms with Crippen LogP contribution in [0.5, 0.6) is 0 Å². The van der Waals surface area contributed by atoms with Crippen LogP contribution in [0.25, 0.3) is 0 Å². The summed E-state index contributed by atoms with van der Waals surface area (Å²) in [6, 6.07) is 7.16. The molecule has 1 aromatic carbocycles. The van der Waals surface area contributed by atoms with Crippen molar-refractivity contribution >= 4 is 11.9 Å². The van der Waals surface area contributed by atoms with Gasteiger partial charge in [-0.2, -0.15) is 0 Å². The van der Waals surface area contributed by atoms with E-state index in [-0.39, 0.29) is 31.0 Å². The number of aliphatic hydroxyl groups is 1. The maximum atomic E-state index is 13.0. The van der Waals surface area contributed by atoms with Gasteiger partial charge in [-0.05, 0) is 43.0 Å². The number of aliphatic hydroxyl groups excluding tert-OH is 1. The molecule has 0 spiro atoms. The minimum atomic E-state index is -0.586. The number of esters is 1. The standard InChI is InChI=1S/C23H31NO7/c1-28-23(27)18-7-5-17(6-8-18)19-15-20(22(26)24-9-3-2-4-10-24)31-21(16-19)30-14-13-29-12-11-25/h5-8,15,19,21,25H,2-4,9-14,16H2,1H3/t19-,21+/m0/s1. The van der Waals surface area contributed by atoms with Gasteiger partial charge in [0.25, 0.3) is 5.91 Å². The van der Waals surface area contributed by atoms with Crippen molar-refractivity contribution in [2.24, 2.45) is 0 Å². The number of rotatable bonds is 9. The predicted molar refractivity (Wildman–Crippen MR) is 112 cm³/mol. The van der Waals surface area contributed by atoms with Crippen molar-refractivity contribution in [3.63, 3.8) is 0 Å². The van der Waals surface area contributed by atoms with Crippen molar-refractivity contribution in [2.45, 2.75) is 37.9 Å². The zero-order valence-corrected chi connectivity index (χ0v) is 18.0. The van der Waals surface area contributed by atoms with Crippen LogP contribution in [0.3, 0.4) is 0 Å². The van der Waals surface area contributed by atoms with Crippen LogP contribution in [0.2, 0.25) is 0 Å². The topological polar surface area (TPSA) is 94.5 Å². The van der Waals surface area contributed by atoms with Crippen molar-refractivity contribution in [1.29, 1.82) is 0 Å². The number of benzene rings is 1. The molecule has 0 bridgehead atoms. The number of carbonyl (C=O) groups excluding carboxylic acids is 2. The molecule has 1 N–H and O–H groups in total. The van der Waals surface area contributed by atoms with Crippen LogP contribution in [0.15, 0.2) is 36.1 Å². The van der Waals surface area contributed by atoms with Gasteiger partial charge in [0.05, 0.1) is 39.1 Å². The lowest BCUT2D eigenvalue weighted by molar-refractivity contribution is -0.157. The Bertz CT molecular complexity index is 756. The quantitative estimate of drug-likeness (QED) is 0.471. The molecule has 1 amide bonds. The van der Waals surface area contributed by atoms with Crippen LogP contribution >= 0.6 is 0 Å². The maximum Gasteiger partial charge on any atom is 0.337 e. The second kappa shape index (κ2) is 11.8. The number of ether oxygens (including phenoxy) is 4. The molecule has 0 saturated carbocycles. The summed E-state index contributed by atoms with van der Waals surface area (Å²) in [5.41, 5.74) is 1.44. The van der Waals surface area contributed by atoms with Crippen molar-refractivity contribution in [1.82, 2.24) is 4.90 Å². The van der Waals surface area contributed by atoms with Gasteiger partial charge in [-0.15, -0.1) is 0 Å². The normalized spacial score (nSPS) is 21.2. The third kappa shape index (κ3) is 6.53. The highest BCUT2D eigenvalue weighted by molar-refractivity contribution is 5.92. The summed E-state index contributed by atoms with van der Waals surface area (Å²) < 4.78 is 21.7. The van der Waals surface area contributed by atoms with Gasteiger partial charge in [0, 0.05) is 25.4 Å². The average Bonchev–Trinajstić information content (AvgIpc) is 2.83. The van der Waals surface area contributed by atoms with E-state index in [0.717, 1.165) is 37.9 Å². The van der Waals surface area contributed by atoms with Crippen LogP contribution in [0.4, 0.5) is 0 Å². The Balaban J connectivity index is 1.73. The monoisotopic (exact) mass is 433 g/mol. The Morgan fingerprint density at radius 1 is 1.10 bits per heavy atom. The number of hydrogen-bond donors (Lipinski definition) is 1. The molecule has 170 valence electrons. The van der Waals surface area contributed by atoms with Crippen LogP contribution in [0.1, 0.15) is 47.5 Å². The summed E-state index contributed by atoms with van der Waals surface area (Å²) in [5, 5.41) is 8.80. The fraction of sp³-hybridized carbons (Fsp3) is 0.565. The second-order valence-electron chi connectivity index (χ2n) is 7.59. The molecule has 2 heterocycles. The highest BCUT2D eigenvalue weighted by Gasteiger charge is 2.31. The lowest BCUT2D eigenvalue weighted by Crippen LogP contribution is -2.39. The molecule has 0 unspecified atom stereocenters. The van der Waals surface area contributed by atoms with E-state index in [9.17, 15) is 9.59 Å². The van der Waals surface area contributed by atoms with Crippen molar-refractivity contribution in [3.05, 3.63) is 47.2 Å². The molecule has 8 nitrogen and oxygen atoms in total. The SMILES string of the molecule is COC(=O)c1ccc([C@H]2C=C(C(=O)N3CCCCC3)O[C@@H](OCCOCCO)C2)cc1. The number of hydrogen-bond acceptors (Lipinski definition) is 7. The highest BCUT2D eigenvalue weighted by Crippen LogP contribution is 2.32.